The fourth-order valence-electron chi connectivity index (χ4n) is 2.28. The Morgan fingerprint density at radius 3 is 2.65 bits per heavy atom. The molecule has 1 amide bonds. The minimum Gasteiger partial charge on any atom is -0.326 e. The molecule has 1 N–H and O–H groups in total. The highest BCUT2D eigenvalue weighted by atomic mass is 16.1. The first-order valence-electron chi connectivity index (χ1n) is 5.56. The van der Waals surface area contributed by atoms with E-state index in [0.29, 0.717) is 23.1 Å². The summed E-state index contributed by atoms with van der Waals surface area (Å²) in [5.41, 5.74) is 2.37. The average molecular weight is 227 g/mol. The zero-order chi connectivity index (χ0) is 12.8. The van der Waals surface area contributed by atoms with Gasteiger partial charge in [-0.05, 0) is 18.6 Å². The zero-order valence-corrected chi connectivity index (χ0v) is 10.3. The number of hydrogen-bond acceptors (Lipinski definition) is 2. The van der Waals surface area contributed by atoms with E-state index in [0.717, 1.165) is 5.56 Å². The summed E-state index contributed by atoms with van der Waals surface area (Å²) in [6, 6.07) is 3.47. The van der Waals surface area contributed by atoms with Crippen molar-refractivity contribution in [3.8, 4) is 0 Å². The first kappa shape index (κ1) is 11.9. The van der Waals surface area contributed by atoms with Crippen LogP contribution in [0.1, 0.15) is 43.1 Å². The van der Waals surface area contributed by atoms with Crippen LogP contribution in [0.5, 0.6) is 0 Å². The standard InChI is InChI=1S/C13H14BNO2/c1-7(16)8-4-11-9(5-10(8)14)13(2,3)6-12(17)15-11/h4-5H,6H2,1-3H3,(H,15,17). The van der Waals surface area contributed by atoms with Gasteiger partial charge in [-0.15, -0.1) is 0 Å². The first-order chi connectivity index (χ1) is 7.81. The van der Waals surface area contributed by atoms with Gasteiger partial charge in [0.15, 0.2) is 5.78 Å². The highest BCUT2D eigenvalue weighted by Gasteiger charge is 2.32. The summed E-state index contributed by atoms with van der Waals surface area (Å²) in [5, 5.41) is 2.79. The predicted molar refractivity (Wildman–Crippen MR) is 68.1 cm³/mol. The molecule has 3 nitrogen and oxygen atoms in total. The molecule has 0 unspecified atom stereocenters. The largest absolute Gasteiger partial charge is 0.326 e. The molecule has 1 aromatic rings. The Balaban J connectivity index is 2.64. The Kier molecular flexibility index (Phi) is 2.61. The van der Waals surface area contributed by atoms with Crippen molar-refractivity contribution in [2.45, 2.75) is 32.6 Å². The number of carbonyl (C=O) groups is 2. The molecule has 2 radical (unpaired) electrons. The summed E-state index contributed by atoms with van der Waals surface area (Å²) < 4.78 is 0. The SMILES string of the molecule is [B]c1cc2c(cc1C(C)=O)NC(=O)CC2(C)C. The Hall–Kier alpha value is -1.58. The van der Waals surface area contributed by atoms with Gasteiger partial charge in [-0.1, -0.05) is 25.4 Å². The molecule has 0 aliphatic carbocycles. The quantitative estimate of drug-likeness (QED) is 0.580. The van der Waals surface area contributed by atoms with Crippen LogP contribution in [0.25, 0.3) is 0 Å². The van der Waals surface area contributed by atoms with E-state index in [1.165, 1.54) is 6.92 Å². The molecule has 0 fully saturated rings. The van der Waals surface area contributed by atoms with Gasteiger partial charge in [0, 0.05) is 23.1 Å². The smallest absolute Gasteiger partial charge is 0.225 e. The number of Topliss-reactive ketones (excluding diaryl/α,β-unsaturated/α-hetero) is 1. The number of benzene rings is 1. The molecule has 2 rings (SSSR count). The van der Waals surface area contributed by atoms with Gasteiger partial charge in [-0.25, -0.2) is 0 Å². The highest BCUT2D eigenvalue weighted by molar-refractivity contribution is 6.37. The first-order valence-corrected chi connectivity index (χ1v) is 5.56. The second-order valence-electron chi connectivity index (χ2n) is 5.15. The third kappa shape index (κ3) is 1.99. The van der Waals surface area contributed by atoms with Gasteiger partial charge in [-0.3, -0.25) is 9.59 Å². The number of hydrogen-bond donors (Lipinski definition) is 1. The highest BCUT2D eigenvalue weighted by Crippen LogP contribution is 2.36. The molecule has 0 bridgehead atoms. The normalized spacial score (nSPS) is 17.2. The second-order valence-corrected chi connectivity index (χ2v) is 5.15. The van der Waals surface area contributed by atoms with Gasteiger partial charge in [0.25, 0.3) is 0 Å². The van der Waals surface area contributed by atoms with Crippen molar-refractivity contribution < 1.29 is 9.59 Å². The molecule has 1 aliphatic rings. The molecule has 0 spiro atoms. The van der Waals surface area contributed by atoms with E-state index in [1.807, 2.05) is 13.8 Å². The number of amides is 1. The Labute approximate surface area is 102 Å². The van der Waals surface area contributed by atoms with E-state index < -0.39 is 0 Å². The molecular formula is C13H14BNO2. The van der Waals surface area contributed by atoms with Crippen molar-refractivity contribution in [2.24, 2.45) is 0 Å². The van der Waals surface area contributed by atoms with E-state index >= 15 is 0 Å². The second kappa shape index (κ2) is 3.72. The molecule has 4 heteroatoms. The van der Waals surface area contributed by atoms with Crippen LogP contribution in [-0.2, 0) is 10.2 Å². The molecule has 17 heavy (non-hydrogen) atoms. The average Bonchev–Trinajstić information content (AvgIpc) is 2.17. The van der Waals surface area contributed by atoms with Crippen molar-refractivity contribution in [2.75, 3.05) is 5.32 Å². The van der Waals surface area contributed by atoms with Crippen LogP contribution in [0.2, 0.25) is 0 Å². The summed E-state index contributed by atoms with van der Waals surface area (Å²) in [6.45, 7) is 5.46. The van der Waals surface area contributed by atoms with Gasteiger partial charge in [-0.2, -0.15) is 0 Å². The molecule has 86 valence electrons. The maximum atomic E-state index is 11.6. The number of rotatable bonds is 1. The predicted octanol–water partition coefficient (Wildman–Crippen LogP) is 1.30. The van der Waals surface area contributed by atoms with Crippen molar-refractivity contribution >= 4 is 30.7 Å². The lowest BCUT2D eigenvalue weighted by atomic mass is 9.74. The summed E-state index contributed by atoms with van der Waals surface area (Å²) in [6.07, 6.45) is 0.429. The van der Waals surface area contributed by atoms with Crippen LogP contribution in [0.4, 0.5) is 5.69 Å². The number of carbonyl (C=O) groups excluding carboxylic acids is 2. The minimum absolute atomic E-state index is 0.0261. The van der Waals surface area contributed by atoms with E-state index in [4.69, 9.17) is 7.85 Å². The Morgan fingerprint density at radius 1 is 1.41 bits per heavy atom. The third-order valence-corrected chi connectivity index (χ3v) is 3.17. The summed E-state index contributed by atoms with van der Waals surface area (Å²) >= 11 is 0. The van der Waals surface area contributed by atoms with Gasteiger partial charge in [0.05, 0.1) is 0 Å². The van der Waals surface area contributed by atoms with E-state index in [1.54, 1.807) is 12.1 Å². The Bertz CT molecular complexity index is 520. The Morgan fingerprint density at radius 2 is 2.06 bits per heavy atom. The lowest BCUT2D eigenvalue weighted by Crippen LogP contribution is -2.34. The number of fused-ring (bicyclic) bond motifs is 1. The van der Waals surface area contributed by atoms with Gasteiger partial charge >= 0.3 is 0 Å². The summed E-state index contributed by atoms with van der Waals surface area (Å²) in [7, 11) is 5.87. The molecular weight excluding hydrogens is 213 g/mol. The summed E-state index contributed by atoms with van der Waals surface area (Å²) in [5.74, 6) is -0.121. The van der Waals surface area contributed by atoms with Crippen molar-refractivity contribution in [1.29, 1.82) is 0 Å². The maximum Gasteiger partial charge on any atom is 0.225 e. The van der Waals surface area contributed by atoms with E-state index in [-0.39, 0.29) is 17.1 Å². The van der Waals surface area contributed by atoms with E-state index in [2.05, 4.69) is 5.32 Å². The van der Waals surface area contributed by atoms with Gasteiger partial charge in [0.1, 0.15) is 7.85 Å². The van der Waals surface area contributed by atoms with Crippen LogP contribution in [0, 0.1) is 0 Å². The molecule has 1 aromatic carbocycles. The minimum atomic E-state index is -0.249. The number of ketones is 1. The monoisotopic (exact) mass is 227 g/mol. The van der Waals surface area contributed by atoms with Crippen LogP contribution in [0.3, 0.4) is 0 Å². The molecule has 0 atom stereocenters. The summed E-state index contributed by atoms with van der Waals surface area (Å²) in [4.78, 5) is 23.0. The molecule has 0 saturated heterocycles. The van der Waals surface area contributed by atoms with Crippen LogP contribution < -0.4 is 10.8 Å². The van der Waals surface area contributed by atoms with Crippen molar-refractivity contribution in [3.63, 3.8) is 0 Å². The van der Waals surface area contributed by atoms with Crippen LogP contribution >= 0.6 is 0 Å². The zero-order valence-electron chi connectivity index (χ0n) is 10.3. The lowest BCUT2D eigenvalue weighted by Gasteiger charge is -2.33. The molecule has 0 saturated carbocycles. The fraction of sp³-hybridized carbons (Fsp3) is 0.385. The van der Waals surface area contributed by atoms with Crippen LogP contribution in [-0.4, -0.2) is 19.5 Å². The molecule has 1 heterocycles. The molecule has 1 aliphatic heterocycles. The lowest BCUT2D eigenvalue weighted by molar-refractivity contribution is -0.117. The number of anilines is 1. The van der Waals surface area contributed by atoms with Crippen molar-refractivity contribution in [3.05, 3.63) is 23.3 Å². The van der Waals surface area contributed by atoms with E-state index in [9.17, 15) is 9.59 Å². The van der Waals surface area contributed by atoms with Gasteiger partial charge < -0.3 is 5.32 Å². The maximum absolute atomic E-state index is 11.6. The molecule has 0 aromatic heterocycles. The third-order valence-electron chi connectivity index (χ3n) is 3.17. The van der Waals surface area contributed by atoms with Crippen LogP contribution in [0.15, 0.2) is 12.1 Å². The van der Waals surface area contributed by atoms with Gasteiger partial charge in [0.2, 0.25) is 5.91 Å². The fourth-order valence-corrected chi connectivity index (χ4v) is 2.28. The topological polar surface area (TPSA) is 46.2 Å². The van der Waals surface area contributed by atoms with Crippen molar-refractivity contribution in [1.82, 2.24) is 0 Å². The number of nitrogens with one attached hydrogen (secondary N) is 1.